The lowest BCUT2D eigenvalue weighted by atomic mass is 10.1. The molecule has 0 unspecified atom stereocenters. The third kappa shape index (κ3) is 1.05. The van der Waals surface area contributed by atoms with Gasteiger partial charge in [0.15, 0.2) is 0 Å². The quantitative estimate of drug-likeness (QED) is 0.491. The monoisotopic (exact) mass is 146 g/mol. The molecule has 0 aromatic heterocycles. The standard InChI is InChI=1S/C8H6N2O/c11-8-4-6-2-1-3-9-7(6)5-10-8/h1-2,4-5H,3H2. The minimum atomic E-state index is -0.203. The molecule has 0 aromatic rings. The zero-order chi connectivity index (χ0) is 7.68. The van der Waals surface area contributed by atoms with Crippen LogP contribution in [0.4, 0.5) is 0 Å². The van der Waals surface area contributed by atoms with Crippen LogP contribution >= 0.6 is 0 Å². The van der Waals surface area contributed by atoms with Crippen molar-refractivity contribution in [1.82, 2.24) is 0 Å². The number of amides is 1. The molecule has 3 heteroatoms. The average Bonchev–Trinajstić information content (AvgIpc) is 2.04. The van der Waals surface area contributed by atoms with Crippen LogP contribution in [-0.4, -0.2) is 24.4 Å². The van der Waals surface area contributed by atoms with E-state index in [-0.39, 0.29) is 5.91 Å². The zero-order valence-corrected chi connectivity index (χ0v) is 5.82. The van der Waals surface area contributed by atoms with Crippen LogP contribution in [0.1, 0.15) is 0 Å². The number of carbonyl (C=O) groups is 1. The molecule has 54 valence electrons. The molecule has 0 atom stereocenters. The Hall–Kier alpha value is -1.51. The molecule has 0 fully saturated rings. The summed E-state index contributed by atoms with van der Waals surface area (Å²) >= 11 is 0. The molecule has 0 spiro atoms. The van der Waals surface area contributed by atoms with Gasteiger partial charge in [0.25, 0.3) is 5.91 Å². The highest BCUT2D eigenvalue weighted by Gasteiger charge is 2.11. The summed E-state index contributed by atoms with van der Waals surface area (Å²) in [6.45, 7) is 0.687. The lowest BCUT2D eigenvalue weighted by molar-refractivity contribution is -0.113. The van der Waals surface area contributed by atoms with Crippen molar-refractivity contribution in [3.63, 3.8) is 0 Å². The molecule has 2 aliphatic rings. The molecule has 0 aliphatic carbocycles. The van der Waals surface area contributed by atoms with Crippen molar-refractivity contribution in [3.05, 3.63) is 23.8 Å². The Morgan fingerprint density at radius 1 is 1.45 bits per heavy atom. The van der Waals surface area contributed by atoms with E-state index in [1.54, 1.807) is 0 Å². The Labute approximate surface area is 63.9 Å². The van der Waals surface area contributed by atoms with Gasteiger partial charge < -0.3 is 0 Å². The van der Waals surface area contributed by atoms with Gasteiger partial charge in [-0.25, -0.2) is 4.99 Å². The summed E-state index contributed by atoms with van der Waals surface area (Å²) < 4.78 is 0. The van der Waals surface area contributed by atoms with Crippen molar-refractivity contribution in [3.8, 4) is 0 Å². The van der Waals surface area contributed by atoms with Crippen LogP contribution in [0.5, 0.6) is 0 Å². The molecule has 0 N–H and O–H groups in total. The summed E-state index contributed by atoms with van der Waals surface area (Å²) in [5.74, 6) is -0.203. The first kappa shape index (κ1) is 6.22. The maximum Gasteiger partial charge on any atom is 0.270 e. The predicted molar refractivity (Wildman–Crippen MR) is 43.0 cm³/mol. The molecule has 11 heavy (non-hydrogen) atoms. The number of hydrogen-bond acceptors (Lipinski definition) is 2. The number of allylic oxidation sites excluding steroid dienone is 2. The lowest BCUT2D eigenvalue weighted by Gasteiger charge is -2.08. The Kier molecular flexibility index (Phi) is 1.28. The molecule has 0 radical (unpaired) electrons. The normalized spacial score (nSPS) is 20.9. The Balaban J connectivity index is 2.44. The minimum absolute atomic E-state index is 0.203. The highest BCUT2D eigenvalue weighted by atomic mass is 16.1. The molecule has 2 heterocycles. The zero-order valence-electron chi connectivity index (χ0n) is 5.82. The van der Waals surface area contributed by atoms with Crippen LogP contribution in [0.2, 0.25) is 0 Å². The van der Waals surface area contributed by atoms with E-state index < -0.39 is 0 Å². The number of dihydropyridines is 2. The van der Waals surface area contributed by atoms with Crippen LogP contribution in [0.25, 0.3) is 0 Å². The van der Waals surface area contributed by atoms with Gasteiger partial charge in [-0.3, -0.25) is 9.79 Å². The van der Waals surface area contributed by atoms with E-state index >= 15 is 0 Å². The van der Waals surface area contributed by atoms with Gasteiger partial charge in [0.2, 0.25) is 0 Å². The second kappa shape index (κ2) is 2.27. The Morgan fingerprint density at radius 3 is 3.27 bits per heavy atom. The van der Waals surface area contributed by atoms with E-state index in [2.05, 4.69) is 9.98 Å². The summed E-state index contributed by atoms with van der Waals surface area (Å²) in [5.41, 5.74) is 1.68. The number of nitrogens with zero attached hydrogens (tertiary/aromatic N) is 2. The van der Waals surface area contributed by atoms with Crippen LogP contribution in [0, 0.1) is 0 Å². The van der Waals surface area contributed by atoms with E-state index in [4.69, 9.17) is 0 Å². The van der Waals surface area contributed by atoms with Crippen molar-refractivity contribution in [1.29, 1.82) is 0 Å². The van der Waals surface area contributed by atoms with Crippen LogP contribution < -0.4 is 0 Å². The minimum Gasteiger partial charge on any atom is -0.279 e. The second-order valence-corrected chi connectivity index (χ2v) is 2.32. The fraction of sp³-hybridized carbons (Fsp3) is 0.125. The smallest absolute Gasteiger partial charge is 0.270 e. The number of fused-ring (bicyclic) bond motifs is 1. The Morgan fingerprint density at radius 2 is 2.36 bits per heavy atom. The number of hydrogen-bond donors (Lipinski definition) is 0. The molecular formula is C8H6N2O. The fourth-order valence-corrected chi connectivity index (χ4v) is 1.04. The number of rotatable bonds is 0. The highest BCUT2D eigenvalue weighted by Crippen LogP contribution is 2.08. The fourth-order valence-electron chi connectivity index (χ4n) is 1.04. The summed E-state index contributed by atoms with van der Waals surface area (Å²) in [6, 6.07) is 0. The third-order valence-electron chi connectivity index (χ3n) is 1.55. The van der Waals surface area contributed by atoms with E-state index in [1.165, 1.54) is 12.3 Å². The van der Waals surface area contributed by atoms with E-state index in [9.17, 15) is 4.79 Å². The van der Waals surface area contributed by atoms with E-state index in [1.807, 2.05) is 12.2 Å². The SMILES string of the molecule is O=C1C=C2C=CCN=C2C=N1. The van der Waals surface area contributed by atoms with Gasteiger partial charge in [-0.15, -0.1) is 0 Å². The first-order valence-electron chi connectivity index (χ1n) is 3.37. The van der Waals surface area contributed by atoms with E-state index in [0.717, 1.165) is 11.3 Å². The maximum absolute atomic E-state index is 10.8. The molecule has 3 nitrogen and oxygen atoms in total. The second-order valence-electron chi connectivity index (χ2n) is 2.32. The van der Waals surface area contributed by atoms with Gasteiger partial charge in [-0.05, 0) is 0 Å². The van der Waals surface area contributed by atoms with Gasteiger partial charge in [-0.1, -0.05) is 12.2 Å². The first-order chi connectivity index (χ1) is 5.36. The molecule has 2 aliphatic heterocycles. The molecule has 1 amide bonds. The van der Waals surface area contributed by atoms with Crippen LogP contribution in [0.3, 0.4) is 0 Å². The lowest BCUT2D eigenvalue weighted by Crippen LogP contribution is -2.13. The molecule has 2 rings (SSSR count). The molecular weight excluding hydrogens is 140 g/mol. The van der Waals surface area contributed by atoms with Gasteiger partial charge in [0.1, 0.15) is 0 Å². The van der Waals surface area contributed by atoms with Gasteiger partial charge in [-0.2, -0.15) is 0 Å². The summed E-state index contributed by atoms with van der Waals surface area (Å²) in [5, 5.41) is 0. The third-order valence-corrected chi connectivity index (χ3v) is 1.55. The maximum atomic E-state index is 10.8. The number of aliphatic imine (C=N–C) groups is 2. The summed E-state index contributed by atoms with van der Waals surface area (Å²) in [7, 11) is 0. The molecule has 0 saturated heterocycles. The molecule has 0 saturated carbocycles. The molecule has 0 aromatic carbocycles. The van der Waals surface area contributed by atoms with Crippen molar-refractivity contribution < 1.29 is 4.79 Å². The molecule has 0 bridgehead atoms. The largest absolute Gasteiger partial charge is 0.279 e. The van der Waals surface area contributed by atoms with Crippen LogP contribution in [-0.2, 0) is 4.79 Å². The van der Waals surface area contributed by atoms with E-state index in [0.29, 0.717) is 6.54 Å². The van der Waals surface area contributed by atoms with Gasteiger partial charge >= 0.3 is 0 Å². The van der Waals surface area contributed by atoms with Crippen molar-refractivity contribution >= 4 is 17.8 Å². The first-order valence-corrected chi connectivity index (χ1v) is 3.37. The van der Waals surface area contributed by atoms with Gasteiger partial charge in [0.05, 0.1) is 18.5 Å². The topological polar surface area (TPSA) is 41.8 Å². The average molecular weight is 146 g/mol. The van der Waals surface area contributed by atoms with Crippen LogP contribution in [0.15, 0.2) is 33.8 Å². The van der Waals surface area contributed by atoms with Gasteiger partial charge in [0, 0.05) is 11.6 Å². The Bertz CT molecular complexity index is 321. The van der Waals surface area contributed by atoms with Crippen molar-refractivity contribution in [2.24, 2.45) is 9.98 Å². The summed E-state index contributed by atoms with van der Waals surface area (Å²) in [6.07, 6.45) is 6.82. The van der Waals surface area contributed by atoms with Crippen molar-refractivity contribution in [2.45, 2.75) is 0 Å². The number of carbonyl (C=O) groups excluding carboxylic acids is 1. The van der Waals surface area contributed by atoms with Crippen molar-refractivity contribution in [2.75, 3.05) is 6.54 Å². The predicted octanol–water partition coefficient (Wildman–Crippen LogP) is 0.535. The highest BCUT2D eigenvalue weighted by molar-refractivity contribution is 6.43. The summed E-state index contributed by atoms with van der Waals surface area (Å²) in [4.78, 5) is 18.5.